The van der Waals surface area contributed by atoms with Crippen LogP contribution < -0.4 is 10.1 Å². The molecule has 0 spiro atoms. The Labute approximate surface area is 121 Å². The number of ether oxygens (including phenoxy) is 2. The Bertz CT molecular complexity index is 430. The van der Waals surface area contributed by atoms with Crippen LogP contribution in [0.1, 0.15) is 20.3 Å². The zero-order valence-electron chi connectivity index (χ0n) is 11.2. The number of halogens is 2. The first-order valence-electron chi connectivity index (χ1n) is 6.62. The summed E-state index contributed by atoms with van der Waals surface area (Å²) < 4.78 is 25.4. The summed E-state index contributed by atoms with van der Waals surface area (Å²) in [5.74, 6) is 0.235. The van der Waals surface area contributed by atoms with E-state index in [-0.39, 0.29) is 18.0 Å². The maximum atomic E-state index is 13.4. The molecule has 3 unspecified atom stereocenters. The summed E-state index contributed by atoms with van der Waals surface area (Å²) >= 11 is 3.13. The summed E-state index contributed by atoms with van der Waals surface area (Å²) in [7, 11) is 0. The molecule has 3 atom stereocenters. The molecule has 1 aliphatic carbocycles. The number of hydrogen-bond acceptors (Lipinski definition) is 3. The Morgan fingerprint density at radius 1 is 1.42 bits per heavy atom. The number of rotatable bonds is 6. The lowest BCUT2D eigenvalue weighted by atomic mass is 9.85. The third-order valence-electron chi connectivity index (χ3n) is 3.25. The van der Waals surface area contributed by atoms with E-state index in [1.807, 2.05) is 6.92 Å². The molecule has 1 N–H and O–H groups in total. The first-order chi connectivity index (χ1) is 9.15. The van der Waals surface area contributed by atoms with Crippen LogP contribution in [0.3, 0.4) is 0 Å². The van der Waals surface area contributed by atoms with Crippen molar-refractivity contribution < 1.29 is 13.9 Å². The van der Waals surface area contributed by atoms with Crippen molar-refractivity contribution in [2.75, 3.05) is 13.2 Å². The van der Waals surface area contributed by atoms with Gasteiger partial charge in [0.2, 0.25) is 0 Å². The van der Waals surface area contributed by atoms with Gasteiger partial charge < -0.3 is 14.8 Å². The van der Waals surface area contributed by atoms with Crippen molar-refractivity contribution in [3.63, 3.8) is 0 Å². The zero-order valence-corrected chi connectivity index (χ0v) is 12.7. The fourth-order valence-corrected chi connectivity index (χ4v) is 2.55. The molecule has 0 aliphatic heterocycles. The van der Waals surface area contributed by atoms with Gasteiger partial charge in [-0.1, -0.05) is 6.92 Å². The predicted octanol–water partition coefficient (Wildman–Crippen LogP) is 3.12. The van der Waals surface area contributed by atoms with Crippen molar-refractivity contribution in [1.29, 1.82) is 0 Å². The highest BCUT2D eigenvalue weighted by atomic mass is 79.9. The largest absolute Gasteiger partial charge is 0.487 e. The quantitative estimate of drug-likeness (QED) is 0.868. The van der Waals surface area contributed by atoms with Crippen LogP contribution >= 0.6 is 15.9 Å². The Kier molecular flexibility index (Phi) is 5.19. The van der Waals surface area contributed by atoms with Crippen LogP contribution in [0.4, 0.5) is 4.39 Å². The molecule has 106 valence electrons. The third-order valence-corrected chi connectivity index (χ3v) is 3.90. The summed E-state index contributed by atoms with van der Waals surface area (Å²) in [6.45, 7) is 5.61. The Morgan fingerprint density at radius 3 is 2.84 bits per heavy atom. The second kappa shape index (κ2) is 6.68. The van der Waals surface area contributed by atoms with Crippen LogP contribution in [-0.4, -0.2) is 31.4 Å². The summed E-state index contributed by atoms with van der Waals surface area (Å²) in [5, 5.41) is 3.37. The van der Waals surface area contributed by atoms with Crippen LogP contribution in [-0.2, 0) is 4.74 Å². The fourth-order valence-electron chi connectivity index (χ4n) is 2.30. The highest BCUT2D eigenvalue weighted by molar-refractivity contribution is 9.10. The molecule has 2 rings (SSSR count). The van der Waals surface area contributed by atoms with Gasteiger partial charge in [0.1, 0.15) is 23.8 Å². The van der Waals surface area contributed by atoms with Crippen LogP contribution in [0.25, 0.3) is 0 Å². The molecule has 1 aromatic carbocycles. The molecule has 1 fully saturated rings. The molecule has 0 radical (unpaired) electrons. The second-order valence-electron chi connectivity index (χ2n) is 4.55. The van der Waals surface area contributed by atoms with Gasteiger partial charge in [-0.15, -0.1) is 0 Å². The predicted molar refractivity (Wildman–Crippen MR) is 76.0 cm³/mol. The van der Waals surface area contributed by atoms with Crippen molar-refractivity contribution in [2.45, 2.75) is 38.5 Å². The number of nitrogens with one attached hydrogen (secondary N) is 1. The highest BCUT2D eigenvalue weighted by Crippen LogP contribution is 2.30. The summed E-state index contributed by atoms with van der Waals surface area (Å²) in [5.41, 5.74) is 0. The molecule has 5 heteroatoms. The lowest BCUT2D eigenvalue weighted by molar-refractivity contribution is -0.104. The van der Waals surface area contributed by atoms with Gasteiger partial charge in [0.15, 0.2) is 0 Å². The second-order valence-corrected chi connectivity index (χ2v) is 5.41. The minimum Gasteiger partial charge on any atom is -0.487 e. The topological polar surface area (TPSA) is 30.5 Å². The maximum Gasteiger partial charge on any atom is 0.141 e. The standard InChI is InChI=1S/C14H19BrFNO2/c1-3-17-12-8-13(14(12)18-4-2)19-9-5-6-10(15)11(16)7-9/h5-7,12-14,17H,3-4,8H2,1-2H3. The lowest BCUT2D eigenvalue weighted by Gasteiger charge is -2.44. The van der Waals surface area contributed by atoms with Gasteiger partial charge >= 0.3 is 0 Å². The van der Waals surface area contributed by atoms with Crippen molar-refractivity contribution in [3.05, 3.63) is 28.5 Å². The van der Waals surface area contributed by atoms with Gasteiger partial charge in [-0.2, -0.15) is 0 Å². The van der Waals surface area contributed by atoms with Crippen molar-refractivity contribution in [3.8, 4) is 5.75 Å². The molecule has 1 aliphatic rings. The van der Waals surface area contributed by atoms with Gasteiger partial charge in [0.25, 0.3) is 0 Å². The lowest BCUT2D eigenvalue weighted by Crippen LogP contribution is -2.61. The summed E-state index contributed by atoms with van der Waals surface area (Å²) in [6, 6.07) is 5.14. The SMILES string of the molecule is CCNC1CC(Oc2ccc(Br)c(F)c2)C1OCC. The number of likely N-dealkylation sites (N-methyl/N-ethyl adjacent to an activating group) is 1. The van der Waals surface area contributed by atoms with Gasteiger partial charge in [-0.3, -0.25) is 0 Å². The maximum absolute atomic E-state index is 13.4. The molecular formula is C14H19BrFNO2. The Balaban J connectivity index is 1.96. The van der Waals surface area contributed by atoms with E-state index in [0.717, 1.165) is 13.0 Å². The van der Waals surface area contributed by atoms with Gasteiger partial charge in [0, 0.05) is 25.1 Å². The molecule has 0 bridgehead atoms. The van der Waals surface area contributed by atoms with Crippen LogP contribution in [0.15, 0.2) is 22.7 Å². The molecule has 0 amide bonds. The van der Waals surface area contributed by atoms with Gasteiger partial charge in [-0.05, 0) is 41.5 Å². The summed E-state index contributed by atoms with van der Waals surface area (Å²) in [4.78, 5) is 0. The van der Waals surface area contributed by atoms with E-state index in [1.54, 1.807) is 12.1 Å². The zero-order chi connectivity index (χ0) is 13.8. The molecule has 0 heterocycles. The van der Waals surface area contributed by atoms with E-state index < -0.39 is 0 Å². The number of benzene rings is 1. The smallest absolute Gasteiger partial charge is 0.141 e. The third kappa shape index (κ3) is 3.46. The van der Waals surface area contributed by atoms with Crippen LogP contribution in [0, 0.1) is 5.82 Å². The molecular weight excluding hydrogens is 313 g/mol. The van der Waals surface area contributed by atoms with Crippen LogP contribution in [0.5, 0.6) is 5.75 Å². The monoisotopic (exact) mass is 331 g/mol. The normalized spacial score (nSPS) is 26.0. The van der Waals surface area contributed by atoms with Gasteiger partial charge in [-0.25, -0.2) is 4.39 Å². The first kappa shape index (κ1) is 14.8. The van der Waals surface area contributed by atoms with Crippen molar-refractivity contribution in [2.24, 2.45) is 0 Å². The van der Waals surface area contributed by atoms with Crippen molar-refractivity contribution >= 4 is 15.9 Å². The van der Waals surface area contributed by atoms with E-state index in [4.69, 9.17) is 9.47 Å². The first-order valence-corrected chi connectivity index (χ1v) is 7.41. The Hall–Kier alpha value is -0.650. The molecule has 1 saturated carbocycles. The van der Waals surface area contributed by atoms with Crippen LogP contribution in [0.2, 0.25) is 0 Å². The molecule has 3 nitrogen and oxygen atoms in total. The molecule has 0 aromatic heterocycles. The number of hydrogen-bond donors (Lipinski definition) is 1. The molecule has 0 saturated heterocycles. The highest BCUT2D eigenvalue weighted by Gasteiger charge is 2.43. The van der Waals surface area contributed by atoms with E-state index in [1.165, 1.54) is 6.07 Å². The van der Waals surface area contributed by atoms with Crippen molar-refractivity contribution in [1.82, 2.24) is 5.32 Å². The Morgan fingerprint density at radius 2 is 2.21 bits per heavy atom. The van der Waals surface area contributed by atoms with Gasteiger partial charge in [0.05, 0.1) is 4.47 Å². The van der Waals surface area contributed by atoms with E-state index in [9.17, 15) is 4.39 Å². The summed E-state index contributed by atoms with van der Waals surface area (Å²) in [6.07, 6.45) is 0.914. The van der Waals surface area contributed by atoms with E-state index in [2.05, 4.69) is 28.2 Å². The minimum absolute atomic E-state index is 0.00965. The average molecular weight is 332 g/mol. The molecule has 19 heavy (non-hydrogen) atoms. The van der Waals surface area contributed by atoms with E-state index in [0.29, 0.717) is 22.9 Å². The molecule has 1 aromatic rings. The van der Waals surface area contributed by atoms with E-state index >= 15 is 0 Å². The fraction of sp³-hybridized carbons (Fsp3) is 0.571. The minimum atomic E-state index is -0.312. The average Bonchev–Trinajstić information content (AvgIpc) is 2.39.